The lowest BCUT2D eigenvalue weighted by atomic mass is 9.83. The summed E-state index contributed by atoms with van der Waals surface area (Å²) >= 11 is 0. The molecule has 2 aromatic rings. The van der Waals surface area contributed by atoms with Gasteiger partial charge in [0.25, 0.3) is 0 Å². The number of H-pyrrole nitrogens is 1. The number of nitrogens with zero attached hydrogens (tertiary/aromatic N) is 1. The number of carboxylic acid groups (broad SMARTS) is 1. The van der Waals surface area contributed by atoms with Gasteiger partial charge in [0.1, 0.15) is 11.4 Å². The summed E-state index contributed by atoms with van der Waals surface area (Å²) < 4.78 is 5.41. The van der Waals surface area contributed by atoms with Crippen LogP contribution in [0, 0.1) is 0 Å². The number of aromatic amines is 1. The van der Waals surface area contributed by atoms with E-state index < -0.39 is 5.97 Å². The topological polar surface area (TPSA) is 75.2 Å². The molecule has 1 saturated carbocycles. The fourth-order valence-corrected chi connectivity index (χ4v) is 3.18. The lowest BCUT2D eigenvalue weighted by Gasteiger charge is -2.22. The van der Waals surface area contributed by atoms with E-state index in [2.05, 4.69) is 22.3 Å². The Hall–Kier alpha value is -2.30. The summed E-state index contributed by atoms with van der Waals surface area (Å²) in [6, 6.07) is 7.71. The van der Waals surface area contributed by atoms with Gasteiger partial charge in [-0.1, -0.05) is 25.3 Å². The van der Waals surface area contributed by atoms with Crippen molar-refractivity contribution in [2.24, 2.45) is 0 Å². The van der Waals surface area contributed by atoms with Gasteiger partial charge in [-0.15, -0.1) is 0 Å². The quantitative estimate of drug-likeness (QED) is 0.899. The van der Waals surface area contributed by atoms with Gasteiger partial charge in [0.2, 0.25) is 0 Å². The van der Waals surface area contributed by atoms with E-state index in [4.69, 9.17) is 9.84 Å². The number of rotatable bonds is 4. The van der Waals surface area contributed by atoms with Gasteiger partial charge < -0.3 is 9.84 Å². The monoisotopic (exact) mass is 300 g/mol. The lowest BCUT2D eigenvalue weighted by Crippen LogP contribution is -2.05. The van der Waals surface area contributed by atoms with E-state index in [-0.39, 0.29) is 5.69 Å². The molecule has 0 atom stereocenters. The Balaban J connectivity index is 1.98. The summed E-state index contributed by atoms with van der Waals surface area (Å²) in [5.41, 5.74) is 2.82. The van der Waals surface area contributed by atoms with Crippen LogP contribution in [0.4, 0.5) is 0 Å². The summed E-state index contributed by atoms with van der Waals surface area (Å²) in [6.07, 6.45) is 6.30. The molecule has 0 aliphatic heterocycles. The molecule has 116 valence electrons. The molecule has 5 heteroatoms. The van der Waals surface area contributed by atoms with E-state index in [1.165, 1.54) is 37.7 Å². The van der Waals surface area contributed by atoms with Gasteiger partial charge in [0.15, 0.2) is 0 Å². The molecule has 1 aromatic carbocycles. The van der Waals surface area contributed by atoms with Crippen LogP contribution < -0.4 is 4.74 Å². The predicted molar refractivity (Wildman–Crippen MR) is 83.4 cm³/mol. The Morgan fingerprint density at radius 2 is 2.05 bits per heavy atom. The molecule has 1 aliphatic carbocycles. The first-order valence-corrected chi connectivity index (χ1v) is 7.66. The van der Waals surface area contributed by atoms with E-state index in [0.29, 0.717) is 17.4 Å². The van der Waals surface area contributed by atoms with Crippen LogP contribution >= 0.6 is 0 Å². The molecular formula is C17H20N2O3. The second kappa shape index (κ2) is 6.22. The normalized spacial score (nSPS) is 15.7. The molecule has 1 aliphatic rings. The van der Waals surface area contributed by atoms with Gasteiger partial charge in [-0.25, -0.2) is 4.79 Å². The number of carbonyl (C=O) groups is 1. The molecule has 5 nitrogen and oxygen atoms in total. The summed E-state index contributed by atoms with van der Waals surface area (Å²) in [6.45, 7) is 0. The highest BCUT2D eigenvalue weighted by atomic mass is 16.5. The van der Waals surface area contributed by atoms with Crippen LogP contribution in [0.1, 0.15) is 54.1 Å². The first kappa shape index (κ1) is 14.6. The summed E-state index contributed by atoms with van der Waals surface area (Å²) in [5, 5.41) is 15.7. The summed E-state index contributed by atoms with van der Waals surface area (Å²) in [5.74, 6) is 0.278. The van der Waals surface area contributed by atoms with Crippen molar-refractivity contribution in [2.75, 3.05) is 7.11 Å². The Kier molecular flexibility index (Phi) is 4.13. The molecule has 3 rings (SSSR count). The molecule has 0 saturated heterocycles. The van der Waals surface area contributed by atoms with Gasteiger partial charge in [-0.3, -0.25) is 5.10 Å². The molecule has 0 radical (unpaired) electrons. The number of hydrogen-bond acceptors (Lipinski definition) is 3. The van der Waals surface area contributed by atoms with Crippen molar-refractivity contribution in [1.82, 2.24) is 10.2 Å². The summed E-state index contributed by atoms with van der Waals surface area (Å²) in [7, 11) is 1.61. The Morgan fingerprint density at radius 1 is 1.27 bits per heavy atom. The van der Waals surface area contributed by atoms with Crippen LogP contribution in [-0.2, 0) is 0 Å². The van der Waals surface area contributed by atoms with E-state index in [1.807, 2.05) is 6.07 Å². The maximum atomic E-state index is 11.0. The zero-order valence-corrected chi connectivity index (χ0v) is 12.6. The van der Waals surface area contributed by atoms with Gasteiger partial charge in [0, 0.05) is 5.56 Å². The lowest BCUT2D eigenvalue weighted by molar-refractivity contribution is 0.0690. The maximum Gasteiger partial charge on any atom is 0.353 e. The van der Waals surface area contributed by atoms with E-state index in [9.17, 15) is 4.79 Å². The molecule has 1 fully saturated rings. The Labute approximate surface area is 129 Å². The highest BCUT2D eigenvalue weighted by Crippen LogP contribution is 2.37. The van der Waals surface area contributed by atoms with Gasteiger partial charge in [-0.05, 0) is 42.5 Å². The largest absolute Gasteiger partial charge is 0.496 e. The third kappa shape index (κ3) is 2.84. The highest BCUT2D eigenvalue weighted by Gasteiger charge is 2.19. The minimum absolute atomic E-state index is 0.0834. The van der Waals surface area contributed by atoms with E-state index in [0.717, 1.165) is 5.56 Å². The van der Waals surface area contributed by atoms with Crippen molar-refractivity contribution in [2.45, 2.75) is 38.0 Å². The zero-order valence-electron chi connectivity index (χ0n) is 12.6. The second-order valence-corrected chi connectivity index (χ2v) is 5.77. The van der Waals surface area contributed by atoms with Crippen LogP contribution in [-0.4, -0.2) is 28.4 Å². The first-order chi connectivity index (χ1) is 10.7. The minimum Gasteiger partial charge on any atom is -0.496 e. The molecule has 0 unspecified atom stereocenters. The third-order valence-corrected chi connectivity index (χ3v) is 4.38. The number of hydrogen-bond donors (Lipinski definition) is 2. The number of methoxy groups -OCH3 is 1. The highest BCUT2D eigenvalue weighted by molar-refractivity contribution is 5.87. The standard InChI is InChI=1S/C17H20N2O3/c1-22-16-8-7-12(11-5-3-2-4-6-11)9-13(16)14-10-15(17(20)21)19-18-14/h7-11H,2-6H2,1H3,(H,18,19)(H,20,21). The van der Waals surface area contributed by atoms with Crippen LogP contribution in [0.3, 0.4) is 0 Å². The van der Waals surface area contributed by atoms with Crippen molar-refractivity contribution in [3.8, 4) is 17.0 Å². The van der Waals surface area contributed by atoms with Crippen molar-refractivity contribution in [3.63, 3.8) is 0 Å². The van der Waals surface area contributed by atoms with Crippen molar-refractivity contribution >= 4 is 5.97 Å². The number of benzene rings is 1. The fraction of sp³-hybridized carbons (Fsp3) is 0.412. The van der Waals surface area contributed by atoms with Crippen LogP contribution in [0.5, 0.6) is 5.75 Å². The molecular weight excluding hydrogens is 280 g/mol. The first-order valence-electron chi connectivity index (χ1n) is 7.66. The Bertz CT molecular complexity index is 672. The average Bonchev–Trinajstić information content (AvgIpc) is 3.05. The fourth-order valence-electron chi connectivity index (χ4n) is 3.18. The molecule has 0 amide bonds. The SMILES string of the molecule is COc1ccc(C2CCCCC2)cc1-c1cc(C(=O)O)[nH]n1. The summed E-state index contributed by atoms with van der Waals surface area (Å²) in [4.78, 5) is 11.0. The second-order valence-electron chi connectivity index (χ2n) is 5.77. The van der Waals surface area contributed by atoms with Gasteiger partial charge in [-0.2, -0.15) is 5.10 Å². The number of carboxylic acids is 1. The minimum atomic E-state index is -1.01. The van der Waals surface area contributed by atoms with Crippen molar-refractivity contribution < 1.29 is 14.6 Å². The molecule has 22 heavy (non-hydrogen) atoms. The predicted octanol–water partition coefficient (Wildman–Crippen LogP) is 3.83. The van der Waals surface area contributed by atoms with Crippen LogP contribution in [0.25, 0.3) is 11.3 Å². The molecule has 1 aromatic heterocycles. The number of aromatic nitrogens is 2. The van der Waals surface area contributed by atoms with Crippen LogP contribution in [0.15, 0.2) is 24.3 Å². The smallest absolute Gasteiger partial charge is 0.353 e. The average molecular weight is 300 g/mol. The number of aromatic carboxylic acids is 1. The molecule has 0 bridgehead atoms. The number of nitrogens with one attached hydrogen (secondary N) is 1. The van der Waals surface area contributed by atoms with Crippen molar-refractivity contribution in [3.05, 3.63) is 35.5 Å². The van der Waals surface area contributed by atoms with Gasteiger partial charge >= 0.3 is 5.97 Å². The van der Waals surface area contributed by atoms with Gasteiger partial charge in [0.05, 0.1) is 12.8 Å². The molecule has 0 spiro atoms. The van der Waals surface area contributed by atoms with Crippen molar-refractivity contribution in [1.29, 1.82) is 0 Å². The zero-order chi connectivity index (χ0) is 15.5. The van der Waals surface area contributed by atoms with E-state index >= 15 is 0 Å². The number of ether oxygens (including phenoxy) is 1. The maximum absolute atomic E-state index is 11.0. The van der Waals surface area contributed by atoms with E-state index in [1.54, 1.807) is 13.2 Å². The van der Waals surface area contributed by atoms with Crippen LogP contribution in [0.2, 0.25) is 0 Å². The Morgan fingerprint density at radius 3 is 2.68 bits per heavy atom. The third-order valence-electron chi connectivity index (χ3n) is 4.38. The molecule has 1 heterocycles. The molecule has 2 N–H and O–H groups in total.